The van der Waals surface area contributed by atoms with Crippen LogP contribution in [0.2, 0.25) is 0 Å². The predicted octanol–water partition coefficient (Wildman–Crippen LogP) is 2.83. The molecular weight excluding hydrogens is 246 g/mol. The third kappa shape index (κ3) is 2.62. The monoisotopic (exact) mass is 263 g/mol. The van der Waals surface area contributed by atoms with Crippen LogP contribution in [0.3, 0.4) is 0 Å². The van der Waals surface area contributed by atoms with Crippen LogP contribution in [0.4, 0.5) is 0 Å². The molecule has 1 aliphatic rings. The molecule has 0 bridgehead atoms. The quantitative estimate of drug-likeness (QED) is 0.818. The Morgan fingerprint density at radius 1 is 0.800 bits per heavy atom. The molecule has 0 aliphatic carbocycles. The molecule has 0 spiro atoms. The number of likely N-dealkylation sites (N-methyl/N-ethyl adjacent to an activating group) is 1. The highest BCUT2D eigenvalue weighted by Gasteiger charge is 2.17. The van der Waals surface area contributed by atoms with Gasteiger partial charge < -0.3 is 0 Å². The molecule has 0 atom stereocenters. The SMILES string of the molecule is CN1CCN=C(c2ccccc2)C(c2ccccc2)=N1. The lowest BCUT2D eigenvalue weighted by Gasteiger charge is -2.12. The van der Waals surface area contributed by atoms with Crippen LogP contribution in [0.5, 0.6) is 0 Å². The zero-order chi connectivity index (χ0) is 13.8. The summed E-state index contributed by atoms with van der Waals surface area (Å²) in [4.78, 5) is 4.75. The van der Waals surface area contributed by atoms with E-state index in [0.717, 1.165) is 35.6 Å². The normalized spacial score (nSPS) is 15.3. The first kappa shape index (κ1) is 12.6. The Labute approximate surface area is 119 Å². The van der Waals surface area contributed by atoms with E-state index in [1.807, 2.05) is 48.5 Å². The highest BCUT2D eigenvalue weighted by Crippen LogP contribution is 2.13. The Hall–Kier alpha value is -2.42. The van der Waals surface area contributed by atoms with Crippen LogP contribution in [-0.2, 0) is 0 Å². The van der Waals surface area contributed by atoms with Crippen LogP contribution in [0.25, 0.3) is 0 Å². The van der Waals surface area contributed by atoms with E-state index in [2.05, 4.69) is 24.3 Å². The van der Waals surface area contributed by atoms with Gasteiger partial charge in [-0.3, -0.25) is 10.0 Å². The standard InChI is InChI=1S/C17H17N3/c1-20-13-12-18-16(14-8-4-2-5-9-14)17(19-20)15-10-6-3-7-11-15/h2-11H,12-13H2,1H3. The molecule has 0 N–H and O–H groups in total. The minimum absolute atomic E-state index is 0.764. The van der Waals surface area contributed by atoms with Crippen molar-refractivity contribution >= 4 is 11.4 Å². The molecule has 2 aromatic rings. The first-order valence-electron chi connectivity index (χ1n) is 6.80. The average Bonchev–Trinajstić information content (AvgIpc) is 2.71. The molecule has 1 heterocycles. The number of rotatable bonds is 2. The van der Waals surface area contributed by atoms with Crippen molar-refractivity contribution in [1.82, 2.24) is 5.01 Å². The first-order chi connectivity index (χ1) is 9.84. The maximum atomic E-state index is 4.75. The fourth-order valence-electron chi connectivity index (χ4n) is 2.26. The minimum atomic E-state index is 0.764. The third-order valence-electron chi connectivity index (χ3n) is 3.28. The molecule has 100 valence electrons. The van der Waals surface area contributed by atoms with E-state index in [1.165, 1.54) is 0 Å². The summed E-state index contributed by atoms with van der Waals surface area (Å²) in [5.41, 5.74) is 4.13. The number of benzene rings is 2. The van der Waals surface area contributed by atoms with Gasteiger partial charge in [-0.25, -0.2) is 0 Å². The van der Waals surface area contributed by atoms with Crippen LogP contribution in [0, 0.1) is 0 Å². The smallest absolute Gasteiger partial charge is 0.116 e. The maximum absolute atomic E-state index is 4.75. The summed E-state index contributed by atoms with van der Waals surface area (Å²) < 4.78 is 0. The first-order valence-corrected chi connectivity index (χ1v) is 6.80. The molecule has 0 saturated carbocycles. The Morgan fingerprint density at radius 3 is 1.95 bits per heavy atom. The number of hydrogen-bond donors (Lipinski definition) is 0. The molecule has 3 rings (SSSR count). The van der Waals surface area contributed by atoms with Gasteiger partial charge in [-0.05, 0) is 0 Å². The van der Waals surface area contributed by atoms with Crippen molar-refractivity contribution < 1.29 is 0 Å². The molecule has 3 heteroatoms. The molecule has 0 amide bonds. The fourth-order valence-corrected chi connectivity index (χ4v) is 2.26. The Balaban J connectivity index is 2.10. The highest BCUT2D eigenvalue weighted by atomic mass is 15.4. The molecule has 1 aliphatic heterocycles. The Morgan fingerprint density at radius 2 is 1.35 bits per heavy atom. The van der Waals surface area contributed by atoms with Crippen molar-refractivity contribution in [3.63, 3.8) is 0 Å². The number of nitrogens with zero attached hydrogens (tertiary/aromatic N) is 3. The fraction of sp³-hybridized carbons (Fsp3) is 0.176. The molecule has 0 saturated heterocycles. The second-order valence-electron chi connectivity index (χ2n) is 4.79. The van der Waals surface area contributed by atoms with E-state index in [0.29, 0.717) is 0 Å². The van der Waals surface area contributed by atoms with Crippen molar-refractivity contribution in [3.8, 4) is 0 Å². The van der Waals surface area contributed by atoms with E-state index in [9.17, 15) is 0 Å². The lowest BCUT2D eigenvalue weighted by atomic mass is 10.00. The van der Waals surface area contributed by atoms with Gasteiger partial charge in [0.1, 0.15) is 5.71 Å². The number of aliphatic imine (C=N–C) groups is 1. The Kier molecular flexibility index (Phi) is 3.59. The summed E-state index contributed by atoms with van der Waals surface area (Å²) in [5.74, 6) is 0. The van der Waals surface area contributed by atoms with Gasteiger partial charge in [0.25, 0.3) is 0 Å². The zero-order valence-corrected chi connectivity index (χ0v) is 11.5. The third-order valence-corrected chi connectivity index (χ3v) is 3.28. The van der Waals surface area contributed by atoms with Crippen molar-refractivity contribution in [1.29, 1.82) is 0 Å². The average molecular weight is 263 g/mol. The molecule has 0 aromatic heterocycles. The van der Waals surface area contributed by atoms with Gasteiger partial charge in [-0.2, -0.15) is 5.10 Å². The molecule has 0 radical (unpaired) electrons. The second kappa shape index (κ2) is 5.70. The van der Waals surface area contributed by atoms with Gasteiger partial charge in [-0.1, -0.05) is 60.7 Å². The van der Waals surface area contributed by atoms with Gasteiger partial charge in [-0.15, -0.1) is 0 Å². The van der Waals surface area contributed by atoms with Gasteiger partial charge in [0.15, 0.2) is 0 Å². The highest BCUT2D eigenvalue weighted by molar-refractivity contribution is 6.53. The number of hydrogen-bond acceptors (Lipinski definition) is 3. The second-order valence-corrected chi connectivity index (χ2v) is 4.79. The molecule has 0 unspecified atom stereocenters. The molecular formula is C17H17N3. The van der Waals surface area contributed by atoms with Crippen molar-refractivity contribution in [2.45, 2.75) is 0 Å². The van der Waals surface area contributed by atoms with Gasteiger partial charge >= 0.3 is 0 Å². The summed E-state index contributed by atoms with van der Waals surface area (Å²) in [7, 11) is 1.99. The lowest BCUT2D eigenvalue weighted by molar-refractivity contribution is 0.368. The summed E-state index contributed by atoms with van der Waals surface area (Å²) in [5, 5.41) is 6.68. The molecule has 2 aromatic carbocycles. The van der Waals surface area contributed by atoms with Crippen LogP contribution in [0.1, 0.15) is 11.1 Å². The predicted molar refractivity (Wildman–Crippen MR) is 83.5 cm³/mol. The molecule has 20 heavy (non-hydrogen) atoms. The van der Waals surface area contributed by atoms with Crippen molar-refractivity contribution in [2.75, 3.05) is 20.1 Å². The van der Waals surface area contributed by atoms with E-state index in [4.69, 9.17) is 10.1 Å². The lowest BCUT2D eigenvalue weighted by Crippen LogP contribution is -2.20. The van der Waals surface area contributed by atoms with E-state index < -0.39 is 0 Å². The maximum Gasteiger partial charge on any atom is 0.116 e. The van der Waals surface area contributed by atoms with Crippen molar-refractivity contribution in [2.24, 2.45) is 10.1 Å². The van der Waals surface area contributed by atoms with Crippen LogP contribution in [-0.4, -0.2) is 36.6 Å². The van der Waals surface area contributed by atoms with Crippen molar-refractivity contribution in [3.05, 3.63) is 71.8 Å². The van der Waals surface area contributed by atoms with Crippen LogP contribution >= 0.6 is 0 Å². The van der Waals surface area contributed by atoms with Gasteiger partial charge in [0.2, 0.25) is 0 Å². The van der Waals surface area contributed by atoms with Gasteiger partial charge in [0.05, 0.1) is 18.8 Å². The van der Waals surface area contributed by atoms with Gasteiger partial charge in [0, 0.05) is 18.2 Å². The van der Waals surface area contributed by atoms with Crippen LogP contribution < -0.4 is 0 Å². The molecule has 0 fully saturated rings. The summed E-state index contributed by atoms with van der Waals surface area (Å²) in [6.45, 7) is 1.60. The summed E-state index contributed by atoms with van der Waals surface area (Å²) >= 11 is 0. The summed E-state index contributed by atoms with van der Waals surface area (Å²) in [6.07, 6.45) is 0. The minimum Gasteiger partial charge on any atom is -0.298 e. The topological polar surface area (TPSA) is 28.0 Å². The number of hydrazone groups is 1. The largest absolute Gasteiger partial charge is 0.298 e. The van der Waals surface area contributed by atoms with E-state index >= 15 is 0 Å². The molecule has 3 nitrogen and oxygen atoms in total. The van der Waals surface area contributed by atoms with E-state index in [1.54, 1.807) is 0 Å². The Bertz CT molecular complexity index is 630. The van der Waals surface area contributed by atoms with E-state index in [-0.39, 0.29) is 0 Å². The zero-order valence-electron chi connectivity index (χ0n) is 11.5. The summed E-state index contributed by atoms with van der Waals surface area (Å²) in [6, 6.07) is 20.5. The van der Waals surface area contributed by atoms with Crippen LogP contribution in [0.15, 0.2) is 70.8 Å².